The van der Waals surface area contributed by atoms with E-state index in [1.807, 2.05) is 44.2 Å². The molecule has 2 aromatic rings. The molecule has 0 bridgehead atoms. The Balaban J connectivity index is 1.43. The molecule has 1 atom stereocenters. The Labute approximate surface area is 183 Å². The Morgan fingerprint density at radius 1 is 0.903 bits per heavy atom. The summed E-state index contributed by atoms with van der Waals surface area (Å²) in [6.07, 6.45) is -0.823. The summed E-state index contributed by atoms with van der Waals surface area (Å²) in [6.45, 7) is 8.17. The second-order valence-corrected chi connectivity index (χ2v) is 8.00. The Kier molecular flexibility index (Phi) is 7.45. The first-order valence-electron chi connectivity index (χ1n) is 10.7. The number of carbonyl (C=O) groups is 3. The number of Topliss-reactive ketones (excluding diaryl/α,β-unsaturated/α-hetero) is 1. The third kappa shape index (κ3) is 5.94. The normalized spacial score (nSPS) is 14.8. The van der Waals surface area contributed by atoms with Crippen molar-refractivity contribution in [3.63, 3.8) is 0 Å². The molecule has 0 spiro atoms. The number of hydrogen-bond acceptors (Lipinski definition) is 5. The molecule has 1 heterocycles. The highest BCUT2D eigenvalue weighted by molar-refractivity contribution is 5.98. The highest BCUT2D eigenvalue weighted by Crippen LogP contribution is 2.17. The monoisotopic (exact) mass is 422 g/mol. The number of ether oxygens (including phenoxy) is 1. The third-order valence-corrected chi connectivity index (χ3v) is 5.75. The summed E-state index contributed by atoms with van der Waals surface area (Å²) in [5.41, 5.74) is 3.90. The van der Waals surface area contributed by atoms with Crippen LogP contribution in [0.15, 0.2) is 48.5 Å². The third-order valence-electron chi connectivity index (χ3n) is 5.75. The number of piperazine rings is 1. The number of amides is 1. The Bertz CT molecular complexity index is 934. The smallest absolute Gasteiger partial charge is 0.307 e. The fraction of sp³-hybridized carbons (Fsp3) is 0.400. The summed E-state index contributed by atoms with van der Waals surface area (Å²) in [7, 11) is 0. The molecule has 1 aliphatic rings. The van der Waals surface area contributed by atoms with E-state index in [2.05, 4.69) is 17.0 Å². The van der Waals surface area contributed by atoms with Crippen LogP contribution in [0.2, 0.25) is 0 Å². The Hall–Kier alpha value is -3.15. The predicted molar refractivity (Wildman–Crippen MR) is 120 cm³/mol. The minimum atomic E-state index is -0.854. The number of hydrogen-bond donors (Lipinski definition) is 0. The largest absolute Gasteiger partial charge is 0.453 e. The number of benzene rings is 2. The summed E-state index contributed by atoms with van der Waals surface area (Å²) in [5, 5.41) is 0. The predicted octanol–water partition coefficient (Wildman–Crippen LogP) is 3.55. The molecule has 0 aliphatic carbocycles. The van der Waals surface area contributed by atoms with Gasteiger partial charge in [-0.2, -0.15) is 0 Å². The van der Waals surface area contributed by atoms with Gasteiger partial charge in [0.2, 0.25) is 0 Å². The summed E-state index contributed by atoms with van der Waals surface area (Å²) in [6, 6.07) is 15.6. The van der Waals surface area contributed by atoms with Crippen LogP contribution < -0.4 is 4.90 Å². The maximum atomic E-state index is 12.7. The zero-order valence-corrected chi connectivity index (χ0v) is 18.5. The molecule has 0 N–H and O–H groups in total. The van der Waals surface area contributed by atoms with Gasteiger partial charge in [-0.1, -0.05) is 30.3 Å². The van der Waals surface area contributed by atoms with Gasteiger partial charge in [0.25, 0.3) is 5.91 Å². The molecule has 0 radical (unpaired) electrons. The lowest BCUT2D eigenvalue weighted by molar-refractivity contribution is -0.159. The van der Waals surface area contributed by atoms with E-state index in [1.165, 1.54) is 0 Å². The lowest BCUT2D eigenvalue weighted by atomic mass is 10.0. The van der Waals surface area contributed by atoms with Crippen LogP contribution in [0, 0.1) is 13.8 Å². The molecule has 2 aromatic carbocycles. The molecule has 6 heteroatoms. The van der Waals surface area contributed by atoms with Crippen LogP contribution in [0.3, 0.4) is 0 Å². The lowest BCUT2D eigenvalue weighted by Gasteiger charge is -2.37. The number of rotatable bonds is 7. The Morgan fingerprint density at radius 3 is 2.23 bits per heavy atom. The van der Waals surface area contributed by atoms with Crippen molar-refractivity contribution in [1.82, 2.24) is 4.90 Å². The molecule has 1 unspecified atom stereocenters. The van der Waals surface area contributed by atoms with Crippen molar-refractivity contribution >= 4 is 23.3 Å². The number of anilines is 1. The van der Waals surface area contributed by atoms with E-state index in [-0.39, 0.29) is 24.5 Å². The van der Waals surface area contributed by atoms with E-state index in [9.17, 15) is 14.4 Å². The molecule has 3 rings (SSSR count). The van der Waals surface area contributed by atoms with E-state index < -0.39 is 12.1 Å². The number of esters is 1. The average molecular weight is 423 g/mol. The van der Waals surface area contributed by atoms with Gasteiger partial charge < -0.3 is 14.5 Å². The number of carbonyl (C=O) groups excluding carboxylic acids is 3. The quantitative estimate of drug-likeness (QED) is 0.504. The molecule has 6 nitrogen and oxygen atoms in total. The van der Waals surface area contributed by atoms with E-state index in [1.54, 1.807) is 17.9 Å². The molecular formula is C25H30N2O4. The van der Waals surface area contributed by atoms with Crippen LogP contribution in [0.25, 0.3) is 0 Å². The Morgan fingerprint density at radius 2 is 1.58 bits per heavy atom. The van der Waals surface area contributed by atoms with Crippen LogP contribution in [0.4, 0.5) is 5.69 Å². The number of nitrogens with zero attached hydrogens (tertiary/aromatic N) is 2. The molecule has 0 aromatic heterocycles. The van der Waals surface area contributed by atoms with Gasteiger partial charge in [-0.25, -0.2) is 0 Å². The zero-order chi connectivity index (χ0) is 22.4. The standard InChI is InChI=1S/C25H30N2O4/c1-18-9-10-21(17-19(18)2)23(28)11-12-24(29)31-20(3)25(30)27-15-13-26(14-16-27)22-7-5-4-6-8-22/h4-10,17,20H,11-16H2,1-3H3. The highest BCUT2D eigenvalue weighted by atomic mass is 16.5. The molecule has 1 saturated heterocycles. The van der Waals surface area contributed by atoms with Crippen LogP contribution in [0.1, 0.15) is 41.3 Å². The van der Waals surface area contributed by atoms with Gasteiger partial charge in [-0.3, -0.25) is 14.4 Å². The topological polar surface area (TPSA) is 66.9 Å². The fourth-order valence-electron chi connectivity index (χ4n) is 3.66. The van der Waals surface area contributed by atoms with E-state index in [4.69, 9.17) is 4.74 Å². The molecule has 0 saturated carbocycles. The summed E-state index contributed by atoms with van der Waals surface area (Å²) in [5.74, 6) is -0.821. The first-order valence-corrected chi connectivity index (χ1v) is 10.7. The first kappa shape index (κ1) is 22.5. The van der Waals surface area contributed by atoms with E-state index >= 15 is 0 Å². The van der Waals surface area contributed by atoms with Gasteiger partial charge >= 0.3 is 5.97 Å². The molecule has 1 fully saturated rings. The fourth-order valence-corrected chi connectivity index (χ4v) is 3.66. The van der Waals surface area contributed by atoms with Crippen LogP contribution >= 0.6 is 0 Å². The van der Waals surface area contributed by atoms with Crippen LogP contribution in [0.5, 0.6) is 0 Å². The summed E-state index contributed by atoms with van der Waals surface area (Å²) in [4.78, 5) is 41.2. The van der Waals surface area contributed by atoms with Gasteiger partial charge in [0, 0.05) is 43.9 Å². The summed E-state index contributed by atoms with van der Waals surface area (Å²) >= 11 is 0. The SMILES string of the molecule is Cc1ccc(C(=O)CCC(=O)OC(C)C(=O)N2CCN(c3ccccc3)CC2)cc1C. The number of ketones is 1. The van der Waals surface area contributed by atoms with Crippen molar-refractivity contribution in [3.8, 4) is 0 Å². The molecule has 1 aliphatic heterocycles. The second kappa shape index (κ2) is 10.2. The zero-order valence-electron chi connectivity index (χ0n) is 18.5. The summed E-state index contributed by atoms with van der Waals surface area (Å²) < 4.78 is 5.31. The molecular weight excluding hydrogens is 392 g/mol. The molecule has 31 heavy (non-hydrogen) atoms. The average Bonchev–Trinajstić information content (AvgIpc) is 2.79. The molecule has 164 valence electrons. The van der Waals surface area contributed by atoms with Crippen molar-refractivity contribution in [2.45, 2.75) is 39.7 Å². The maximum absolute atomic E-state index is 12.7. The molecule has 1 amide bonds. The lowest BCUT2D eigenvalue weighted by Crippen LogP contribution is -2.51. The highest BCUT2D eigenvalue weighted by Gasteiger charge is 2.27. The number of aryl methyl sites for hydroxylation is 2. The van der Waals surface area contributed by atoms with Crippen LogP contribution in [-0.4, -0.2) is 54.8 Å². The van der Waals surface area contributed by atoms with Crippen molar-refractivity contribution in [2.24, 2.45) is 0 Å². The first-order chi connectivity index (χ1) is 14.8. The van der Waals surface area contributed by atoms with Crippen molar-refractivity contribution in [1.29, 1.82) is 0 Å². The minimum Gasteiger partial charge on any atom is -0.453 e. The van der Waals surface area contributed by atoms with Crippen LogP contribution in [-0.2, 0) is 14.3 Å². The number of para-hydroxylation sites is 1. The van der Waals surface area contributed by atoms with Gasteiger partial charge in [0.05, 0.1) is 6.42 Å². The van der Waals surface area contributed by atoms with E-state index in [0.29, 0.717) is 18.7 Å². The maximum Gasteiger partial charge on any atom is 0.307 e. The van der Waals surface area contributed by atoms with E-state index in [0.717, 1.165) is 29.9 Å². The van der Waals surface area contributed by atoms with Crippen molar-refractivity contribution < 1.29 is 19.1 Å². The minimum absolute atomic E-state index is 0.0365. The van der Waals surface area contributed by atoms with Gasteiger partial charge in [-0.15, -0.1) is 0 Å². The van der Waals surface area contributed by atoms with Gasteiger partial charge in [0.15, 0.2) is 11.9 Å². The van der Waals surface area contributed by atoms with Crippen molar-refractivity contribution in [3.05, 3.63) is 65.2 Å². The van der Waals surface area contributed by atoms with Gasteiger partial charge in [0.1, 0.15) is 0 Å². The second-order valence-electron chi connectivity index (χ2n) is 8.00. The van der Waals surface area contributed by atoms with Crippen molar-refractivity contribution in [2.75, 3.05) is 31.1 Å². The van der Waals surface area contributed by atoms with Gasteiger partial charge in [-0.05, 0) is 50.1 Å².